The third-order valence-corrected chi connectivity index (χ3v) is 4.69. The Hall–Kier alpha value is -1.76. The van der Waals surface area contributed by atoms with E-state index < -0.39 is 21.6 Å². The van der Waals surface area contributed by atoms with Crippen LogP contribution in [0.5, 0.6) is 0 Å². The smallest absolute Gasteiger partial charge is 0.231 e. The number of benzene rings is 1. The number of Topliss-reactive ketones (excluding diaryl/α,β-unsaturated/α-hetero) is 2. The predicted molar refractivity (Wildman–Crippen MR) is 76.3 cm³/mol. The monoisotopic (exact) mass is 313 g/mol. The SMILES string of the molecule is CN(c1ccc(C(=O)CC(=O)C2CC2)c(F)c1)S(C)(=O)=O. The zero-order chi connectivity index (χ0) is 15.8. The molecule has 2 rings (SSSR count). The molecule has 21 heavy (non-hydrogen) atoms. The number of hydrogen-bond donors (Lipinski definition) is 0. The fraction of sp³-hybridized carbons (Fsp3) is 0.429. The molecule has 114 valence electrons. The van der Waals surface area contributed by atoms with Gasteiger partial charge in [0.2, 0.25) is 10.0 Å². The number of nitrogens with zero attached hydrogens (tertiary/aromatic N) is 1. The maximum Gasteiger partial charge on any atom is 0.231 e. The van der Waals surface area contributed by atoms with Gasteiger partial charge in [0.25, 0.3) is 0 Å². The number of hydrogen-bond acceptors (Lipinski definition) is 4. The Bertz CT molecular complexity index is 695. The van der Waals surface area contributed by atoms with E-state index in [1.54, 1.807) is 0 Å². The van der Waals surface area contributed by atoms with Crippen LogP contribution in [0.3, 0.4) is 0 Å². The van der Waals surface area contributed by atoms with E-state index >= 15 is 0 Å². The van der Waals surface area contributed by atoms with Crippen LogP contribution >= 0.6 is 0 Å². The average Bonchev–Trinajstić information content (AvgIpc) is 3.20. The molecule has 0 N–H and O–H groups in total. The lowest BCUT2D eigenvalue weighted by atomic mass is 10.0. The molecule has 1 aliphatic carbocycles. The van der Waals surface area contributed by atoms with Crippen molar-refractivity contribution in [1.29, 1.82) is 0 Å². The largest absolute Gasteiger partial charge is 0.299 e. The molecule has 1 aromatic rings. The molecule has 0 spiro atoms. The van der Waals surface area contributed by atoms with E-state index in [9.17, 15) is 22.4 Å². The summed E-state index contributed by atoms with van der Waals surface area (Å²) in [6.07, 6.45) is 2.29. The first-order valence-electron chi connectivity index (χ1n) is 6.49. The highest BCUT2D eigenvalue weighted by atomic mass is 32.2. The third kappa shape index (κ3) is 3.66. The van der Waals surface area contributed by atoms with Gasteiger partial charge in [-0.15, -0.1) is 0 Å². The van der Waals surface area contributed by atoms with Crippen molar-refractivity contribution < 1.29 is 22.4 Å². The van der Waals surface area contributed by atoms with Gasteiger partial charge in [-0.1, -0.05) is 0 Å². The fourth-order valence-corrected chi connectivity index (χ4v) is 2.42. The first kappa shape index (κ1) is 15.6. The minimum Gasteiger partial charge on any atom is -0.299 e. The summed E-state index contributed by atoms with van der Waals surface area (Å²) < 4.78 is 37.6. The number of carbonyl (C=O) groups excluding carboxylic acids is 2. The molecular formula is C14H16FNO4S. The van der Waals surface area contributed by atoms with E-state index in [1.807, 2.05) is 0 Å². The molecule has 0 atom stereocenters. The summed E-state index contributed by atoms with van der Waals surface area (Å²) in [7, 11) is -2.21. The molecule has 0 radical (unpaired) electrons. The van der Waals surface area contributed by atoms with Crippen molar-refractivity contribution in [2.45, 2.75) is 19.3 Å². The van der Waals surface area contributed by atoms with Gasteiger partial charge in [-0.05, 0) is 31.0 Å². The zero-order valence-corrected chi connectivity index (χ0v) is 12.6. The molecule has 0 saturated heterocycles. The Morgan fingerprint density at radius 1 is 1.33 bits per heavy atom. The van der Waals surface area contributed by atoms with Gasteiger partial charge < -0.3 is 0 Å². The second-order valence-corrected chi connectivity index (χ2v) is 7.25. The van der Waals surface area contributed by atoms with Crippen molar-refractivity contribution in [3.05, 3.63) is 29.6 Å². The number of anilines is 1. The van der Waals surface area contributed by atoms with E-state index in [-0.39, 0.29) is 29.4 Å². The highest BCUT2D eigenvalue weighted by Crippen LogP contribution is 2.31. The normalized spacial score (nSPS) is 14.8. The molecule has 0 amide bonds. The van der Waals surface area contributed by atoms with Crippen LogP contribution in [-0.4, -0.2) is 33.3 Å². The summed E-state index contributed by atoms with van der Waals surface area (Å²) in [5.41, 5.74) is -0.0604. The Morgan fingerprint density at radius 3 is 2.43 bits per heavy atom. The Kier molecular flexibility index (Phi) is 4.13. The Labute approximate surface area is 122 Å². The lowest BCUT2D eigenvalue weighted by Gasteiger charge is -2.17. The van der Waals surface area contributed by atoms with E-state index in [4.69, 9.17) is 0 Å². The standard InChI is InChI=1S/C14H16FNO4S/c1-16(21(2,19)20)10-5-6-11(12(15)7-10)14(18)8-13(17)9-3-4-9/h5-7,9H,3-4,8H2,1-2H3. The molecule has 7 heteroatoms. The Balaban J connectivity index is 2.19. The van der Waals surface area contributed by atoms with Crippen LogP contribution in [0.1, 0.15) is 29.6 Å². The number of ketones is 2. The predicted octanol–water partition coefficient (Wildman–Crippen LogP) is 1.77. The summed E-state index contributed by atoms with van der Waals surface area (Å²) in [6.45, 7) is 0. The van der Waals surface area contributed by atoms with Gasteiger partial charge >= 0.3 is 0 Å². The third-order valence-electron chi connectivity index (χ3n) is 3.48. The van der Waals surface area contributed by atoms with Crippen molar-refractivity contribution in [3.8, 4) is 0 Å². The van der Waals surface area contributed by atoms with Gasteiger partial charge in [-0.3, -0.25) is 13.9 Å². The molecule has 0 unspecified atom stereocenters. The fourth-order valence-electron chi connectivity index (χ4n) is 1.92. The van der Waals surface area contributed by atoms with E-state index in [0.29, 0.717) is 0 Å². The first-order chi connectivity index (χ1) is 9.70. The Morgan fingerprint density at radius 2 is 1.95 bits per heavy atom. The molecule has 1 aliphatic rings. The summed E-state index contributed by atoms with van der Waals surface area (Å²) in [6, 6.07) is 3.55. The summed E-state index contributed by atoms with van der Waals surface area (Å²) in [5.74, 6) is -1.60. The number of carbonyl (C=O) groups is 2. The number of halogens is 1. The molecule has 0 aliphatic heterocycles. The van der Waals surface area contributed by atoms with Gasteiger partial charge in [0, 0.05) is 13.0 Å². The molecule has 1 saturated carbocycles. The van der Waals surface area contributed by atoms with E-state index in [0.717, 1.165) is 29.5 Å². The van der Waals surface area contributed by atoms with Crippen LogP contribution in [0.25, 0.3) is 0 Å². The molecule has 0 aromatic heterocycles. The quantitative estimate of drug-likeness (QED) is 0.593. The highest BCUT2D eigenvalue weighted by Gasteiger charge is 2.31. The molecular weight excluding hydrogens is 297 g/mol. The topological polar surface area (TPSA) is 71.5 Å². The van der Waals surface area contributed by atoms with Crippen molar-refractivity contribution in [1.82, 2.24) is 0 Å². The van der Waals surface area contributed by atoms with Crippen molar-refractivity contribution in [3.63, 3.8) is 0 Å². The van der Waals surface area contributed by atoms with Gasteiger partial charge in [0.05, 0.1) is 23.9 Å². The van der Waals surface area contributed by atoms with Crippen LogP contribution in [0.4, 0.5) is 10.1 Å². The summed E-state index contributed by atoms with van der Waals surface area (Å²) >= 11 is 0. The number of sulfonamides is 1. The van der Waals surface area contributed by atoms with Gasteiger partial charge in [0.15, 0.2) is 5.78 Å². The van der Waals surface area contributed by atoms with Gasteiger partial charge in [-0.2, -0.15) is 0 Å². The molecule has 1 aromatic carbocycles. The van der Waals surface area contributed by atoms with Gasteiger partial charge in [0.1, 0.15) is 11.6 Å². The minimum absolute atomic E-state index is 0.0485. The van der Waals surface area contributed by atoms with Crippen molar-refractivity contribution in [2.24, 2.45) is 5.92 Å². The van der Waals surface area contributed by atoms with Crippen molar-refractivity contribution >= 4 is 27.3 Å². The lowest BCUT2D eigenvalue weighted by Crippen LogP contribution is -2.25. The highest BCUT2D eigenvalue weighted by molar-refractivity contribution is 7.92. The summed E-state index contributed by atoms with van der Waals surface area (Å²) in [5, 5.41) is 0. The second-order valence-electron chi connectivity index (χ2n) is 5.24. The van der Waals surface area contributed by atoms with E-state index in [1.165, 1.54) is 19.2 Å². The van der Waals surface area contributed by atoms with Crippen LogP contribution in [0.15, 0.2) is 18.2 Å². The van der Waals surface area contributed by atoms with Gasteiger partial charge in [-0.25, -0.2) is 12.8 Å². The molecule has 0 bridgehead atoms. The van der Waals surface area contributed by atoms with Crippen LogP contribution in [-0.2, 0) is 14.8 Å². The average molecular weight is 313 g/mol. The van der Waals surface area contributed by atoms with Crippen LogP contribution in [0.2, 0.25) is 0 Å². The minimum atomic E-state index is -3.50. The van der Waals surface area contributed by atoms with Crippen LogP contribution < -0.4 is 4.31 Å². The zero-order valence-electron chi connectivity index (χ0n) is 11.8. The van der Waals surface area contributed by atoms with Crippen LogP contribution in [0, 0.1) is 11.7 Å². The molecule has 1 fully saturated rings. The first-order valence-corrected chi connectivity index (χ1v) is 8.34. The van der Waals surface area contributed by atoms with E-state index in [2.05, 4.69) is 0 Å². The number of rotatable bonds is 6. The van der Waals surface area contributed by atoms with Crippen molar-refractivity contribution in [2.75, 3.05) is 17.6 Å². The second kappa shape index (κ2) is 5.55. The lowest BCUT2D eigenvalue weighted by molar-refractivity contribution is -0.119. The maximum atomic E-state index is 14.0. The molecule has 0 heterocycles. The summed E-state index contributed by atoms with van der Waals surface area (Å²) in [4.78, 5) is 23.5. The maximum absolute atomic E-state index is 14.0. The molecule has 5 nitrogen and oxygen atoms in total.